The number of rotatable bonds is 5. The van der Waals surface area contributed by atoms with E-state index in [1.165, 1.54) is 6.07 Å². The van der Waals surface area contributed by atoms with E-state index in [0.29, 0.717) is 16.7 Å². The van der Waals surface area contributed by atoms with E-state index < -0.39 is 5.91 Å². The highest BCUT2D eigenvalue weighted by Crippen LogP contribution is 2.35. The van der Waals surface area contributed by atoms with Crippen molar-refractivity contribution in [3.63, 3.8) is 0 Å². The molecule has 3 aromatic carbocycles. The standard InChI is InChI=1S/C24H16ClNO4/c25-13-16(27)12-15-10-11-19-20(21(15)26-24(30)14-6-2-1-3-7-14)23(29)18-9-5-4-8-17(18)22(19)28/h1-11H,12-13H2,(H,26,30). The molecule has 1 aliphatic rings. The van der Waals surface area contributed by atoms with Crippen molar-refractivity contribution >= 4 is 40.5 Å². The summed E-state index contributed by atoms with van der Waals surface area (Å²) in [5.74, 6) is -1.57. The minimum atomic E-state index is -0.442. The van der Waals surface area contributed by atoms with Gasteiger partial charge in [-0.25, -0.2) is 0 Å². The summed E-state index contributed by atoms with van der Waals surface area (Å²) in [5, 5.41) is 2.76. The Labute approximate surface area is 177 Å². The zero-order chi connectivity index (χ0) is 21.3. The molecule has 0 fully saturated rings. The van der Waals surface area contributed by atoms with Crippen molar-refractivity contribution in [2.45, 2.75) is 6.42 Å². The number of ketones is 3. The van der Waals surface area contributed by atoms with Gasteiger partial charge in [0.1, 0.15) is 0 Å². The number of carbonyl (C=O) groups is 4. The lowest BCUT2D eigenvalue weighted by atomic mass is 9.81. The number of carbonyl (C=O) groups excluding carboxylic acids is 4. The minimum Gasteiger partial charge on any atom is -0.321 e. The van der Waals surface area contributed by atoms with E-state index in [2.05, 4.69) is 5.32 Å². The highest BCUT2D eigenvalue weighted by Gasteiger charge is 2.33. The molecule has 0 saturated carbocycles. The molecule has 0 bridgehead atoms. The predicted molar refractivity (Wildman–Crippen MR) is 114 cm³/mol. The maximum absolute atomic E-state index is 13.3. The first kappa shape index (κ1) is 19.7. The molecule has 3 aromatic rings. The number of alkyl halides is 1. The Bertz CT molecular complexity index is 1200. The van der Waals surface area contributed by atoms with E-state index in [0.717, 1.165) is 0 Å². The molecule has 0 radical (unpaired) electrons. The Morgan fingerprint density at radius 3 is 2.07 bits per heavy atom. The second-order valence-electron chi connectivity index (χ2n) is 6.90. The normalized spacial score (nSPS) is 12.2. The number of nitrogens with one attached hydrogen (secondary N) is 1. The molecule has 0 atom stereocenters. The molecule has 1 N–H and O–H groups in total. The second kappa shape index (κ2) is 8.05. The van der Waals surface area contributed by atoms with Gasteiger partial charge in [-0.1, -0.05) is 48.5 Å². The number of benzene rings is 3. The number of hydrogen-bond donors (Lipinski definition) is 1. The molecule has 0 aromatic heterocycles. The third kappa shape index (κ3) is 3.44. The van der Waals surface area contributed by atoms with Crippen LogP contribution in [0.15, 0.2) is 66.7 Å². The minimum absolute atomic E-state index is 0.0652. The van der Waals surface area contributed by atoms with Gasteiger partial charge in [0, 0.05) is 28.7 Å². The molecular weight excluding hydrogens is 402 g/mol. The van der Waals surface area contributed by atoms with Crippen LogP contribution in [0.5, 0.6) is 0 Å². The van der Waals surface area contributed by atoms with Crippen LogP contribution in [0.1, 0.15) is 47.8 Å². The van der Waals surface area contributed by atoms with Crippen LogP contribution in [0.4, 0.5) is 5.69 Å². The average Bonchev–Trinajstić information content (AvgIpc) is 2.78. The fraction of sp³-hybridized carbons (Fsp3) is 0.0833. The molecule has 0 aliphatic heterocycles. The smallest absolute Gasteiger partial charge is 0.255 e. The number of fused-ring (bicyclic) bond motifs is 2. The van der Waals surface area contributed by atoms with Crippen LogP contribution in [0.3, 0.4) is 0 Å². The predicted octanol–water partition coefficient (Wildman–Crippen LogP) is 4.06. The summed E-state index contributed by atoms with van der Waals surface area (Å²) in [6.07, 6.45) is -0.0652. The zero-order valence-corrected chi connectivity index (χ0v) is 16.5. The lowest BCUT2D eigenvalue weighted by Gasteiger charge is -2.22. The van der Waals surface area contributed by atoms with Gasteiger partial charge >= 0.3 is 0 Å². The van der Waals surface area contributed by atoms with Gasteiger partial charge in [-0.05, 0) is 23.8 Å². The maximum atomic E-state index is 13.3. The van der Waals surface area contributed by atoms with Crippen molar-refractivity contribution in [1.29, 1.82) is 0 Å². The van der Waals surface area contributed by atoms with Crippen LogP contribution in [0.2, 0.25) is 0 Å². The first-order valence-electron chi connectivity index (χ1n) is 9.29. The number of amides is 1. The monoisotopic (exact) mass is 417 g/mol. The Hall–Kier alpha value is -3.57. The van der Waals surface area contributed by atoms with Crippen molar-refractivity contribution in [3.05, 3.63) is 100 Å². The van der Waals surface area contributed by atoms with E-state index in [1.807, 2.05) is 0 Å². The largest absolute Gasteiger partial charge is 0.321 e. The Morgan fingerprint density at radius 2 is 1.40 bits per heavy atom. The van der Waals surface area contributed by atoms with Gasteiger partial charge in [0.25, 0.3) is 5.91 Å². The Kier molecular flexibility index (Phi) is 5.29. The lowest BCUT2D eigenvalue weighted by Crippen LogP contribution is -2.25. The quantitative estimate of drug-likeness (QED) is 0.496. The van der Waals surface area contributed by atoms with Gasteiger partial charge in [-0.15, -0.1) is 11.6 Å². The van der Waals surface area contributed by atoms with Crippen molar-refractivity contribution in [1.82, 2.24) is 0 Å². The van der Waals surface area contributed by atoms with Gasteiger partial charge < -0.3 is 5.32 Å². The van der Waals surface area contributed by atoms with Gasteiger partial charge in [0.2, 0.25) is 0 Å². The van der Waals surface area contributed by atoms with Gasteiger partial charge in [-0.2, -0.15) is 0 Å². The molecule has 148 valence electrons. The molecule has 0 unspecified atom stereocenters. The van der Waals surface area contributed by atoms with E-state index in [1.54, 1.807) is 60.7 Å². The molecule has 4 rings (SSSR count). The third-order valence-electron chi connectivity index (χ3n) is 4.99. The van der Waals surface area contributed by atoms with Crippen LogP contribution in [0.25, 0.3) is 0 Å². The number of Topliss-reactive ketones (excluding diaryl/α,β-unsaturated/α-hetero) is 1. The van der Waals surface area contributed by atoms with E-state index in [9.17, 15) is 19.2 Å². The van der Waals surface area contributed by atoms with Crippen molar-refractivity contribution in [2.75, 3.05) is 11.2 Å². The van der Waals surface area contributed by atoms with Crippen LogP contribution in [-0.4, -0.2) is 29.1 Å². The average molecular weight is 418 g/mol. The highest BCUT2D eigenvalue weighted by atomic mass is 35.5. The molecule has 0 spiro atoms. The second-order valence-corrected chi connectivity index (χ2v) is 7.16. The molecule has 0 saturated heterocycles. The lowest BCUT2D eigenvalue weighted by molar-refractivity contribution is -0.116. The highest BCUT2D eigenvalue weighted by molar-refractivity contribution is 6.31. The molecule has 1 amide bonds. The molecular formula is C24H16ClNO4. The molecule has 30 heavy (non-hydrogen) atoms. The molecule has 6 heteroatoms. The summed E-state index contributed by atoms with van der Waals surface area (Å²) in [4.78, 5) is 51.1. The van der Waals surface area contributed by atoms with Crippen LogP contribution in [-0.2, 0) is 11.2 Å². The van der Waals surface area contributed by atoms with Crippen LogP contribution < -0.4 is 5.32 Å². The summed E-state index contributed by atoms with van der Waals surface area (Å²) in [6, 6.07) is 18.2. The third-order valence-corrected chi connectivity index (χ3v) is 5.29. The van der Waals surface area contributed by atoms with Crippen molar-refractivity contribution in [3.8, 4) is 0 Å². The van der Waals surface area contributed by atoms with E-state index in [4.69, 9.17) is 11.6 Å². The first-order valence-corrected chi connectivity index (χ1v) is 9.83. The van der Waals surface area contributed by atoms with Crippen LogP contribution in [0, 0.1) is 0 Å². The summed E-state index contributed by atoms with van der Waals surface area (Å²) in [6.45, 7) is 0. The molecule has 1 aliphatic carbocycles. The fourth-order valence-electron chi connectivity index (χ4n) is 3.55. The van der Waals surface area contributed by atoms with Crippen molar-refractivity contribution in [2.24, 2.45) is 0 Å². The zero-order valence-electron chi connectivity index (χ0n) is 15.8. The summed E-state index contributed by atoms with van der Waals surface area (Å²) in [5.41, 5.74) is 1.88. The van der Waals surface area contributed by atoms with Gasteiger partial charge in [0.15, 0.2) is 17.3 Å². The SMILES string of the molecule is O=C(CCl)Cc1ccc2c(c1NC(=O)c1ccccc1)C(=O)c1ccccc1C2=O. The Balaban J connectivity index is 1.87. The number of anilines is 1. The first-order chi connectivity index (χ1) is 14.5. The molecule has 0 heterocycles. The maximum Gasteiger partial charge on any atom is 0.255 e. The summed E-state index contributed by atoms with van der Waals surface area (Å²) < 4.78 is 0. The number of hydrogen-bond acceptors (Lipinski definition) is 4. The van der Waals surface area contributed by atoms with E-state index >= 15 is 0 Å². The molecule has 5 nitrogen and oxygen atoms in total. The Morgan fingerprint density at radius 1 is 0.767 bits per heavy atom. The number of halogens is 1. The van der Waals surface area contributed by atoms with Crippen molar-refractivity contribution < 1.29 is 19.2 Å². The van der Waals surface area contributed by atoms with Gasteiger partial charge in [0.05, 0.1) is 17.1 Å². The van der Waals surface area contributed by atoms with Gasteiger partial charge in [-0.3, -0.25) is 19.2 Å². The van der Waals surface area contributed by atoms with E-state index in [-0.39, 0.29) is 52.0 Å². The fourth-order valence-corrected chi connectivity index (χ4v) is 3.65. The van der Waals surface area contributed by atoms with Crippen LogP contribution >= 0.6 is 11.6 Å². The summed E-state index contributed by atoms with van der Waals surface area (Å²) in [7, 11) is 0. The summed E-state index contributed by atoms with van der Waals surface area (Å²) >= 11 is 5.66. The topological polar surface area (TPSA) is 80.3 Å².